The molecule has 7 N–H and O–H groups in total. The van der Waals surface area contributed by atoms with Crippen molar-refractivity contribution in [3.63, 3.8) is 0 Å². The van der Waals surface area contributed by atoms with Gasteiger partial charge in [-0.2, -0.15) is 0 Å². The molecule has 11 unspecified atom stereocenters. The maximum absolute atomic E-state index is 13.1. The Morgan fingerprint density at radius 1 is 0.430 bits per heavy atom. The lowest BCUT2D eigenvalue weighted by atomic mass is 9.98. The number of aliphatic hydroxyl groups is 7. The summed E-state index contributed by atoms with van der Waals surface area (Å²) in [6.45, 7) is 3.51. The predicted octanol–water partition coefficient (Wildman–Crippen LogP) is 12.0. The Morgan fingerprint density at radius 2 is 0.823 bits per heavy atom. The minimum absolute atomic E-state index is 0.0403. The van der Waals surface area contributed by atoms with Gasteiger partial charge in [0.1, 0.15) is 54.9 Å². The van der Waals surface area contributed by atoms with Crippen LogP contribution in [0.4, 0.5) is 0 Å². The zero-order valence-corrected chi connectivity index (χ0v) is 49.1. The van der Waals surface area contributed by atoms with Gasteiger partial charge in [0, 0.05) is 13.0 Å². The topological polar surface area (TPSA) is 214 Å². The maximum atomic E-state index is 13.1. The maximum Gasteiger partial charge on any atom is 0.306 e. The second-order valence-corrected chi connectivity index (χ2v) is 21.5. The van der Waals surface area contributed by atoms with Crippen molar-refractivity contribution < 1.29 is 69.0 Å². The summed E-state index contributed by atoms with van der Waals surface area (Å²) in [6.07, 6.45) is 50.7. The monoisotopic (exact) mass is 1120 g/mol. The van der Waals surface area contributed by atoms with Gasteiger partial charge in [-0.15, -0.1) is 0 Å². The number of allylic oxidation sites excluding steroid dienone is 14. The van der Waals surface area contributed by atoms with E-state index in [1.807, 2.05) is 0 Å². The zero-order valence-electron chi connectivity index (χ0n) is 49.1. The smallest absolute Gasteiger partial charge is 0.306 e. The molecule has 0 spiro atoms. The van der Waals surface area contributed by atoms with Crippen LogP contribution in [0.15, 0.2) is 85.1 Å². The van der Waals surface area contributed by atoms with E-state index in [-0.39, 0.29) is 25.6 Å². The van der Waals surface area contributed by atoms with E-state index in [0.717, 1.165) is 89.9 Å². The van der Waals surface area contributed by atoms with E-state index in [1.165, 1.54) is 103 Å². The predicted molar refractivity (Wildman–Crippen MR) is 316 cm³/mol. The molecule has 0 bridgehead atoms. The van der Waals surface area contributed by atoms with Gasteiger partial charge in [0.2, 0.25) is 0 Å². The van der Waals surface area contributed by atoms with Crippen LogP contribution < -0.4 is 0 Å². The molecule has 0 aromatic carbocycles. The van der Waals surface area contributed by atoms with E-state index in [1.54, 1.807) is 0 Å². The fraction of sp³-hybridized carbons (Fsp3) is 0.769. The molecule has 0 saturated carbocycles. The number of hydrogen-bond acceptors (Lipinski definition) is 14. The summed E-state index contributed by atoms with van der Waals surface area (Å²) in [5, 5.41) is 72.5. The van der Waals surface area contributed by atoms with E-state index >= 15 is 0 Å². The fourth-order valence-electron chi connectivity index (χ4n) is 9.40. The molecule has 2 fully saturated rings. The number of unbranched alkanes of at least 4 members (excludes halogenated alkanes) is 22. The lowest BCUT2D eigenvalue weighted by Crippen LogP contribution is -2.61. The lowest BCUT2D eigenvalue weighted by molar-refractivity contribution is -0.332. The van der Waals surface area contributed by atoms with Crippen molar-refractivity contribution in [3.8, 4) is 0 Å². The summed E-state index contributed by atoms with van der Waals surface area (Å²) < 4.78 is 34.4. The first-order valence-corrected chi connectivity index (χ1v) is 31.2. The number of esters is 1. The molecule has 0 radical (unpaired) electrons. The normalized spacial score (nSPS) is 24.6. The van der Waals surface area contributed by atoms with E-state index < -0.39 is 80.7 Å². The molecule has 456 valence electrons. The Balaban J connectivity index is 1.70. The molecule has 0 aromatic rings. The van der Waals surface area contributed by atoms with Crippen molar-refractivity contribution in [3.05, 3.63) is 85.1 Å². The first kappa shape index (κ1) is 72.3. The first-order chi connectivity index (χ1) is 38.6. The minimum atomic E-state index is -1.72. The van der Waals surface area contributed by atoms with Crippen LogP contribution in [0.25, 0.3) is 0 Å². The Bertz CT molecular complexity index is 1630. The highest BCUT2D eigenvalue weighted by Gasteiger charge is 2.47. The number of aliphatic hydroxyl groups excluding tert-OH is 7. The third-order valence-electron chi connectivity index (χ3n) is 14.4. The standard InChI is InChI=1S/C65H112O14/c1-3-5-7-9-11-13-15-17-19-21-23-25-26-27-28-29-30-32-34-36-38-40-42-44-46-48-57(67)77-54(51-74-49-47-45-43-41-39-37-35-33-31-24-22-20-18-16-14-12-10-8-6-4-2)52-75-64-63(73)61(71)59(69)56(79-64)53-76-65-62(72)60(70)58(68)55(50-66)78-65/h6,8,12,14-15,17-18,20-21,23-24,31,35,37,54-56,58-66,68-73H,3-5,7,9-11,13,16,19,22,25-30,32-34,36,38-53H2,1-2H3/b8-6-,14-12-,17-15-,20-18-,23-21-,31-24-,37-35-. The second-order valence-electron chi connectivity index (χ2n) is 21.5. The molecule has 14 heteroatoms. The highest BCUT2D eigenvalue weighted by atomic mass is 16.7. The largest absolute Gasteiger partial charge is 0.457 e. The summed E-state index contributed by atoms with van der Waals surface area (Å²) in [5.41, 5.74) is 0. The molecule has 14 nitrogen and oxygen atoms in total. The molecule has 0 aromatic heterocycles. The van der Waals surface area contributed by atoms with E-state index in [4.69, 9.17) is 28.4 Å². The van der Waals surface area contributed by atoms with Gasteiger partial charge in [0.15, 0.2) is 12.6 Å². The second kappa shape index (κ2) is 50.9. The summed E-state index contributed by atoms with van der Waals surface area (Å²) in [6, 6.07) is 0. The van der Waals surface area contributed by atoms with Crippen LogP contribution in [0.5, 0.6) is 0 Å². The Hall–Kier alpha value is -2.83. The third kappa shape index (κ3) is 37.1. The molecule has 0 amide bonds. The van der Waals surface area contributed by atoms with Crippen LogP contribution in [0.2, 0.25) is 0 Å². The highest BCUT2D eigenvalue weighted by molar-refractivity contribution is 5.69. The first-order valence-electron chi connectivity index (χ1n) is 31.2. The summed E-state index contributed by atoms with van der Waals surface area (Å²) >= 11 is 0. The van der Waals surface area contributed by atoms with Crippen LogP contribution in [0.3, 0.4) is 0 Å². The summed E-state index contributed by atoms with van der Waals surface area (Å²) in [5.74, 6) is -0.387. The van der Waals surface area contributed by atoms with Gasteiger partial charge in [-0.25, -0.2) is 0 Å². The van der Waals surface area contributed by atoms with Crippen molar-refractivity contribution in [2.24, 2.45) is 0 Å². The molecular weight excluding hydrogens is 1000 g/mol. The summed E-state index contributed by atoms with van der Waals surface area (Å²) in [7, 11) is 0. The van der Waals surface area contributed by atoms with Crippen molar-refractivity contribution in [2.45, 2.75) is 287 Å². The lowest BCUT2D eigenvalue weighted by Gasteiger charge is -2.42. The van der Waals surface area contributed by atoms with Gasteiger partial charge in [-0.1, -0.05) is 208 Å². The van der Waals surface area contributed by atoms with Crippen LogP contribution >= 0.6 is 0 Å². The Morgan fingerprint density at radius 3 is 1.29 bits per heavy atom. The number of rotatable bonds is 50. The SMILES string of the molecule is CC/C=C\C/C=C\C/C=C\C/C=C\C/C=C\CCCCCCOCC(COC1OC(COC2OC(CO)C(O)C(O)C2O)C(O)C(O)C1O)OC(=O)CCCCCCCCCCCCCCC/C=C\C/C=C\CCCCCCC. The van der Waals surface area contributed by atoms with Gasteiger partial charge >= 0.3 is 5.97 Å². The number of carbonyl (C=O) groups excluding carboxylic acids is 1. The molecule has 79 heavy (non-hydrogen) atoms. The fourth-order valence-corrected chi connectivity index (χ4v) is 9.40. The number of ether oxygens (including phenoxy) is 6. The van der Waals surface area contributed by atoms with Crippen LogP contribution in [-0.4, -0.2) is 142 Å². The molecule has 2 saturated heterocycles. The highest BCUT2D eigenvalue weighted by Crippen LogP contribution is 2.27. The molecule has 0 aliphatic carbocycles. The van der Waals surface area contributed by atoms with Crippen LogP contribution in [-0.2, 0) is 33.2 Å². The Labute approximate surface area is 478 Å². The average molecular weight is 1120 g/mol. The van der Waals surface area contributed by atoms with Crippen molar-refractivity contribution in [1.29, 1.82) is 0 Å². The molecule has 2 heterocycles. The zero-order chi connectivity index (χ0) is 57.2. The van der Waals surface area contributed by atoms with E-state index in [9.17, 15) is 40.5 Å². The number of carbonyl (C=O) groups is 1. The minimum Gasteiger partial charge on any atom is -0.457 e. The summed E-state index contributed by atoms with van der Waals surface area (Å²) in [4.78, 5) is 13.1. The third-order valence-corrected chi connectivity index (χ3v) is 14.4. The average Bonchev–Trinajstić information content (AvgIpc) is 3.46. The number of hydrogen-bond donors (Lipinski definition) is 7. The van der Waals surface area contributed by atoms with E-state index in [0.29, 0.717) is 13.0 Å². The molecule has 2 aliphatic heterocycles. The van der Waals surface area contributed by atoms with Crippen molar-refractivity contribution >= 4 is 5.97 Å². The van der Waals surface area contributed by atoms with Crippen LogP contribution in [0, 0.1) is 0 Å². The van der Waals surface area contributed by atoms with Gasteiger partial charge in [0.05, 0.1) is 26.4 Å². The van der Waals surface area contributed by atoms with Gasteiger partial charge < -0.3 is 64.2 Å². The molecule has 2 aliphatic rings. The van der Waals surface area contributed by atoms with Crippen molar-refractivity contribution in [1.82, 2.24) is 0 Å². The van der Waals surface area contributed by atoms with E-state index in [2.05, 4.69) is 98.9 Å². The molecular formula is C65H112O14. The van der Waals surface area contributed by atoms with Gasteiger partial charge in [-0.3, -0.25) is 4.79 Å². The van der Waals surface area contributed by atoms with Gasteiger partial charge in [-0.05, 0) is 89.9 Å². The van der Waals surface area contributed by atoms with Crippen LogP contribution in [0.1, 0.15) is 219 Å². The Kier molecular flexibility index (Phi) is 46.5. The molecule has 11 atom stereocenters. The van der Waals surface area contributed by atoms with Crippen molar-refractivity contribution in [2.75, 3.05) is 33.0 Å². The quantitative estimate of drug-likeness (QED) is 0.0172. The molecule has 2 rings (SSSR count). The van der Waals surface area contributed by atoms with Gasteiger partial charge in [0.25, 0.3) is 0 Å².